The zero-order valence-electron chi connectivity index (χ0n) is 20.7. The quantitative estimate of drug-likeness (QED) is 0.554. The molecule has 3 aliphatic rings. The molecule has 0 spiro atoms. The molecule has 1 amide bonds. The summed E-state index contributed by atoms with van der Waals surface area (Å²) in [5.74, 6) is 1.63. The fourth-order valence-corrected chi connectivity index (χ4v) is 5.65. The molecule has 0 radical (unpaired) electrons. The van der Waals surface area contributed by atoms with Gasteiger partial charge in [-0.2, -0.15) is 5.10 Å². The van der Waals surface area contributed by atoms with E-state index < -0.39 is 0 Å². The predicted molar refractivity (Wildman–Crippen MR) is 138 cm³/mol. The molecule has 2 aliphatic heterocycles. The maximum atomic E-state index is 13.6. The Bertz CT molecular complexity index is 1090. The first kappa shape index (κ1) is 23.6. The smallest absolute Gasteiger partial charge is 0.247 e. The molecule has 2 aromatic carbocycles. The van der Waals surface area contributed by atoms with Crippen LogP contribution >= 0.6 is 0 Å². The minimum atomic E-state index is -0.0447. The molecule has 0 bridgehead atoms. The van der Waals surface area contributed by atoms with Gasteiger partial charge in [0.05, 0.1) is 31.9 Å². The second-order valence-corrected chi connectivity index (χ2v) is 9.70. The van der Waals surface area contributed by atoms with E-state index in [1.165, 1.54) is 5.56 Å². The molecule has 1 fully saturated rings. The first-order valence-electron chi connectivity index (χ1n) is 12.7. The standard InChI is InChI=1S/C29H35N3O3/c1-34-26-13-12-22(20-27(26)35-2)28-24-10-6-7-11-25(24)29(33)32(30-28)23-15-18-31(19-16-23)17-14-21-8-4-3-5-9-21/h3-9,12-13,20,23-25H,10-11,14-19H2,1-2H3. The van der Waals surface area contributed by atoms with Crippen LogP contribution in [-0.2, 0) is 11.2 Å². The summed E-state index contributed by atoms with van der Waals surface area (Å²) in [6.07, 6.45) is 8.93. The monoisotopic (exact) mass is 473 g/mol. The van der Waals surface area contributed by atoms with Crippen LogP contribution in [0, 0.1) is 11.8 Å². The number of hydrazone groups is 1. The van der Waals surface area contributed by atoms with E-state index in [0.717, 1.165) is 63.0 Å². The molecule has 1 aliphatic carbocycles. The maximum absolute atomic E-state index is 13.6. The maximum Gasteiger partial charge on any atom is 0.247 e. The average Bonchev–Trinajstić information content (AvgIpc) is 2.93. The number of ether oxygens (including phenoxy) is 2. The third kappa shape index (κ3) is 4.98. The van der Waals surface area contributed by atoms with E-state index >= 15 is 0 Å². The number of carbonyl (C=O) groups excluding carboxylic acids is 1. The number of benzene rings is 2. The molecule has 6 nitrogen and oxygen atoms in total. The highest BCUT2D eigenvalue weighted by atomic mass is 16.5. The molecule has 2 atom stereocenters. The molecular weight excluding hydrogens is 438 g/mol. The van der Waals surface area contributed by atoms with Crippen molar-refractivity contribution in [3.8, 4) is 11.5 Å². The lowest BCUT2D eigenvalue weighted by atomic mass is 9.76. The van der Waals surface area contributed by atoms with Crippen LogP contribution in [0.2, 0.25) is 0 Å². The zero-order valence-corrected chi connectivity index (χ0v) is 20.7. The number of fused-ring (bicyclic) bond motifs is 1. The van der Waals surface area contributed by atoms with Gasteiger partial charge in [-0.15, -0.1) is 0 Å². The normalized spacial score (nSPS) is 23.1. The molecule has 5 rings (SSSR count). The van der Waals surface area contributed by atoms with Gasteiger partial charge in [-0.3, -0.25) is 4.79 Å². The van der Waals surface area contributed by atoms with Crippen LogP contribution in [0.5, 0.6) is 11.5 Å². The van der Waals surface area contributed by atoms with Crippen molar-refractivity contribution in [1.82, 2.24) is 9.91 Å². The zero-order chi connectivity index (χ0) is 24.2. The van der Waals surface area contributed by atoms with Crippen molar-refractivity contribution in [2.75, 3.05) is 33.9 Å². The van der Waals surface area contributed by atoms with E-state index in [9.17, 15) is 4.79 Å². The van der Waals surface area contributed by atoms with Gasteiger partial charge in [-0.05, 0) is 55.9 Å². The highest BCUT2D eigenvalue weighted by Gasteiger charge is 2.42. The molecule has 0 N–H and O–H groups in total. The number of methoxy groups -OCH3 is 2. The summed E-state index contributed by atoms with van der Waals surface area (Å²) in [5.41, 5.74) is 3.37. The molecule has 2 unspecified atom stereocenters. The Hall–Kier alpha value is -3.12. The van der Waals surface area contributed by atoms with Crippen LogP contribution in [0.4, 0.5) is 0 Å². The lowest BCUT2D eigenvalue weighted by Crippen LogP contribution is -2.52. The number of piperidine rings is 1. The Morgan fingerprint density at radius 3 is 2.34 bits per heavy atom. The number of allylic oxidation sites excluding steroid dienone is 2. The summed E-state index contributed by atoms with van der Waals surface area (Å²) in [6.45, 7) is 3.05. The molecule has 0 aromatic heterocycles. The molecule has 35 heavy (non-hydrogen) atoms. The number of nitrogens with zero attached hydrogens (tertiary/aromatic N) is 3. The van der Waals surface area contributed by atoms with Gasteiger partial charge in [0, 0.05) is 31.1 Å². The molecule has 6 heteroatoms. The lowest BCUT2D eigenvalue weighted by molar-refractivity contribution is -0.141. The van der Waals surface area contributed by atoms with E-state index in [-0.39, 0.29) is 23.8 Å². The number of amides is 1. The summed E-state index contributed by atoms with van der Waals surface area (Å²) < 4.78 is 11.0. The fraction of sp³-hybridized carbons (Fsp3) is 0.448. The Balaban J connectivity index is 1.33. The topological polar surface area (TPSA) is 54.4 Å². The van der Waals surface area contributed by atoms with Gasteiger partial charge in [0.1, 0.15) is 0 Å². The Labute approximate surface area is 208 Å². The first-order chi connectivity index (χ1) is 17.2. The number of likely N-dealkylation sites (tertiary alicyclic amines) is 1. The van der Waals surface area contributed by atoms with E-state index in [0.29, 0.717) is 11.5 Å². The van der Waals surface area contributed by atoms with Crippen molar-refractivity contribution in [1.29, 1.82) is 0 Å². The Morgan fingerprint density at radius 1 is 0.914 bits per heavy atom. The summed E-state index contributed by atoms with van der Waals surface area (Å²) in [4.78, 5) is 16.1. The fourth-order valence-electron chi connectivity index (χ4n) is 5.65. The van der Waals surface area contributed by atoms with E-state index in [2.05, 4.69) is 47.4 Å². The summed E-state index contributed by atoms with van der Waals surface area (Å²) >= 11 is 0. The SMILES string of the molecule is COc1ccc(C2=NN(C3CCN(CCc4ccccc4)CC3)C(=O)C3CC=CCC23)cc1OC. The van der Waals surface area contributed by atoms with Crippen molar-refractivity contribution in [2.24, 2.45) is 16.9 Å². The number of hydrogen-bond donors (Lipinski definition) is 0. The molecule has 0 saturated carbocycles. The Morgan fingerprint density at radius 2 is 1.63 bits per heavy atom. The van der Waals surface area contributed by atoms with Crippen molar-refractivity contribution in [2.45, 2.75) is 38.1 Å². The van der Waals surface area contributed by atoms with Gasteiger partial charge in [0.2, 0.25) is 5.91 Å². The minimum absolute atomic E-state index is 0.0447. The van der Waals surface area contributed by atoms with Crippen LogP contribution in [0.15, 0.2) is 65.8 Å². The van der Waals surface area contributed by atoms with E-state index in [1.807, 2.05) is 23.2 Å². The van der Waals surface area contributed by atoms with Gasteiger partial charge < -0.3 is 14.4 Å². The van der Waals surface area contributed by atoms with Crippen LogP contribution in [0.1, 0.15) is 36.8 Å². The highest BCUT2D eigenvalue weighted by Crippen LogP contribution is 2.38. The largest absolute Gasteiger partial charge is 0.493 e. The second-order valence-electron chi connectivity index (χ2n) is 9.70. The second kappa shape index (κ2) is 10.6. The van der Waals surface area contributed by atoms with Crippen molar-refractivity contribution in [3.63, 3.8) is 0 Å². The molecule has 2 aromatic rings. The van der Waals surface area contributed by atoms with Crippen LogP contribution in [-0.4, -0.2) is 61.4 Å². The van der Waals surface area contributed by atoms with Crippen LogP contribution in [0.3, 0.4) is 0 Å². The number of rotatable bonds is 7. The molecular formula is C29H35N3O3. The third-order valence-electron chi connectivity index (χ3n) is 7.68. The highest BCUT2D eigenvalue weighted by molar-refractivity contribution is 6.07. The number of hydrogen-bond acceptors (Lipinski definition) is 5. The molecule has 184 valence electrons. The minimum Gasteiger partial charge on any atom is -0.493 e. The van der Waals surface area contributed by atoms with Crippen LogP contribution < -0.4 is 9.47 Å². The third-order valence-corrected chi connectivity index (χ3v) is 7.68. The molecule has 1 saturated heterocycles. The van der Waals surface area contributed by atoms with Crippen molar-refractivity contribution < 1.29 is 14.3 Å². The van der Waals surface area contributed by atoms with Crippen LogP contribution in [0.25, 0.3) is 0 Å². The average molecular weight is 474 g/mol. The van der Waals surface area contributed by atoms with Crippen molar-refractivity contribution >= 4 is 11.6 Å². The Kier molecular flexibility index (Phi) is 7.19. The van der Waals surface area contributed by atoms with Gasteiger partial charge in [0.15, 0.2) is 11.5 Å². The van der Waals surface area contributed by atoms with Gasteiger partial charge >= 0.3 is 0 Å². The number of carbonyl (C=O) groups is 1. The van der Waals surface area contributed by atoms with Crippen molar-refractivity contribution in [3.05, 3.63) is 71.8 Å². The summed E-state index contributed by atoms with van der Waals surface area (Å²) in [5, 5.41) is 6.88. The lowest BCUT2D eigenvalue weighted by Gasteiger charge is -2.42. The molecule has 2 heterocycles. The summed E-state index contributed by atoms with van der Waals surface area (Å²) in [7, 11) is 3.29. The first-order valence-corrected chi connectivity index (χ1v) is 12.7. The van der Waals surface area contributed by atoms with Gasteiger partial charge in [-0.25, -0.2) is 5.01 Å². The summed E-state index contributed by atoms with van der Waals surface area (Å²) in [6, 6.07) is 16.8. The van der Waals surface area contributed by atoms with E-state index in [1.54, 1.807) is 14.2 Å². The van der Waals surface area contributed by atoms with Gasteiger partial charge in [-0.1, -0.05) is 42.5 Å². The van der Waals surface area contributed by atoms with Gasteiger partial charge in [0.25, 0.3) is 0 Å². The van der Waals surface area contributed by atoms with E-state index in [4.69, 9.17) is 14.6 Å². The predicted octanol–water partition coefficient (Wildman–Crippen LogP) is 4.54.